The SMILES string of the molecule is CC(C)=O.COC(=O)[C@H](Cc1ccc2ccccc2c1)ON.COC(=O)[C@H](Cc1ccc2ccccc2c1)ON=C(C)C. The van der Waals surface area contributed by atoms with Crippen LogP contribution >= 0.6 is 0 Å². The van der Waals surface area contributed by atoms with E-state index in [1.807, 2.05) is 86.6 Å². The summed E-state index contributed by atoms with van der Waals surface area (Å²) in [5.74, 6) is 4.39. The molecule has 0 fully saturated rings. The van der Waals surface area contributed by atoms with Crippen LogP contribution in [0.5, 0.6) is 0 Å². The van der Waals surface area contributed by atoms with Gasteiger partial charge in [0.05, 0.1) is 19.9 Å². The minimum absolute atomic E-state index is 0.167. The molecule has 9 nitrogen and oxygen atoms in total. The molecular weight excluding hydrogens is 548 g/mol. The Labute approximate surface area is 252 Å². The number of ether oxygens (including phenoxy) is 2. The number of esters is 2. The van der Waals surface area contributed by atoms with Crippen LogP contribution < -0.4 is 5.90 Å². The molecule has 0 unspecified atom stereocenters. The molecule has 0 aliphatic heterocycles. The zero-order valence-corrected chi connectivity index (χ0v) is 25.5. The number of rotatable bonds is 9. The Morgan fingerprint density at radius 2 is 1.05 bits per heavy atom. The van der Waals surface area contributed by atoms with Gasteiger partial charge in [0, 0.05) is 12.8 Å². The number of benzene rings is 4. The topological polar surface area (TPSA) is 127 Å². The van der Waals surface area contributed by atoms with Crippen molar-refractivity contribution in [3.63, 3.8) is 0 Å². The fourth-order valence-electron chi connectivity index (χ4n) is 3.94. The molecule has 4 aromatic rings. The Morgan fingerprint density at radius 3 is 1.44 bits per heavy atom. The van der Waals surface area contributed by atoms with Gasteiger partial charge >= 0.3 is 11.9 Å². The van der Waals surface area contributed by atoms with Crippen LogP contribution in [0.1, 0.15) is 38.8 Å². The number of hydrogen-bond acceptors (Lipinski definition) is 9. The summed E-state index contributed by atoms with van der Waals surface area (Å²) < 4.78 is 9.39. The summed E-state index contributed by atoms with van der Waals surface area (Å²) in [6, 6.07) is 28.2. The van der Waals surface area contributed by atoms with E-state index in [9.17, 15) is 14.4 Å². The number of nitrogens with zero attached hydrogens (tertiary/aromatic N) is 1. The van der Waals surface area contributed by atoms with Gasteiger partial charge in [0.15, 0.2) is 6.10 Å². The van der Waals surface area contributed by atoms with Gasteiger partial charge in [0.1, 0.15) is 5.78 Å². The van der Waals surface area contributed by atoms with Gasteiger partial charge in [-0.15, -0.1) is 0 Å². The summed E-state index contributed by atoms with van der Waals surface area (Å²) >= 11 is 0. The maximum Gasteiger partial charge on any atom is 0.350 e. The first kappa shape index (κ1) is 34.6. The number of ketones is 1. The van der Waals surface area contributed by atoms with Crippen molar-refractivity contribution < 1.29 is 33.5 Å². The summed E-state index contributed by atoms with van der Waals surface area (Å²) in [5, 5.41) is 8.45. The van der Waals surface area contributed by atoms with Gasteiger partial charge in [-0.25, -0.2) is 15.5 Å². The molecule has 0 aromatic heterocycles. The van der Waals surface area contributed by atoms with Gasteiger partial charge in [-0.1, -0.05) is 90.1 Å². The van der Waals surface area contributed by atoms with Crippen LogP contribution in [0.3, 0.4) is 0 Å². The largest absolute Gasteiger partial charge is 0.467 e. The molecule has 0 spiro atoms. The Morgan fingerprint density at radius 1 is 0.651 bits per heavy atom. The molecule has 0 saturated carbocycles. The second kappa shape index (κ2) is 18.0. The molecule has 2 atom stereocenters. The molecule has 0 amide bonds. The standard InChI is InChI=1S/C17H19NO3.C14H15NO3.C3H6O/c1-12(2)18-21-16(17(19)20-3)11-13-8-9-14-6-4-5-7-15(14)10-13;1-17-14(16)13(18-15)9-10-6-7-11-4-2-3-5-12(11)8-10;1-3(2)4/h4-10,16H,11H2,1-3H3;2-8,13H,9,15H2,1H3;1-2H3/t16-;13-;/m00./s1. The molecule has 0 bridgehead atoms. The van der Waals surface area contributed by atoms with E-state index < -0.39 is 24.1 Å². The van der Waals surface area contributed by atoms with Crippen molar-refractivity contribution in [2.45, 2.75) is 52.7 Å². The number of methoxy groups -OCH3 is 2. The second-order valence-corrected chi connectivity index (χ2v) is 9.98. The van der Waals surface area contributed by atoms with Crippen LogP contribution in [0, 0.1) is 0 Å². The summed E-state index contributed by atoms with van der Waals surface area (Å²) in [5.41, 5.74) is 2.74. The van der Waals surface area contributed by atoms with Gasteiger partial charge in [-0.2, -0.15) is 0 Å². The van der Waals surface area contributed by atoms with Gasteiger partial charge in [0.2, 0.25) is 6.10 Å². The third kappa shape index (κ3) is 12.0. The highest BCUT2D eigenvalue weighted by Crippen LogP contribution is 2.19. The molecule has 0 aliphatic carbocycles. The number of carbonyl (C=O) groups excluding carboxylic acids is 3. The summed E-state index contributed by atoms with van der Waals surface area (Å²) in [7, 11) is 2.66. The van der Waals surface area contributed by atoms with E-state index in [4.69, 9.17) is 15.5 Å². The first-order chi connectivity index (χ1) is 20.6. The fourth-order valence-corrected chi connectivity index (χ4v) is 3.94. The van der Waals surface area contributed by atoms with Crippen LogP contribution in [-0.4, -0.2) is 49.9 Å². The predicted molar refractivity (Wildman–Crippen MR) is 168 cm³/mol. The molecule has 228 valence electrons. The highest BCUT2D eigenvalue weighted by atomic mass is 16.7. The molecule has 0 saturated heterocycles. The molecule has 43 heavy (non-hydrogen) atoms. The van der Waals surface area contributed by atoms with E-state index in [0.29, 0.717) is 12.8 Å². The average molecular weight is 589 g/mol. The van der Waals surface area contributed by atoms with Crippen LogP contribution in [0.15, 0.2) is 90.1 Å². The van der Waals surface area contributed by atoms with E-state index in [0.717, 1.165) is 33.0 Å². The number of Topliss-reactive ketones (excluding diaryl/α,β-unsaturated/α-hetero) is 1. The molecule has 0 aliphatic rings. The van der Waals surface area contributed by atoms with Crippen LogP contribution in [0.25, 0.3) is 21.5 Å². The van der Waals surface area contributed by atoms with Crippen molar-refractivity contribution in [1.29, 1.82) is 0 Å². The van der Waals surface area contributed by atoms with E-state index >= 15 is 0 Å². The Balaban J connectivity index is 0.000000269. The van der Waals surface area contributed by atoms with Crippen molar-refractivity contribution in [3.8, 4) is 0 Å². The van der Waals surface area contributed by atoms with Crippen LogP contribution in [0.4, 0.5) is 0 Å². The van der Waals surface area contributed by atoms with Crippen molar-refractivity contribution >= 4 is 45.0 Å². The number of oxime groups is 1. The monoisotopic (exact) mass is 588 g/mol. The minimum atomic E-state index is -0.767. The smallest absolute Gasteiger partial charge is 0.350 e. The van der Waals surface area contributed by atoms with Crippen LogP contribution in [0.2, 0.25) is 0 Å². The molecular formula is C34H40N2O7. The lowest BCUT2D eigenvalue weighted by atomic mass is 10.0. The first-order valence-corrected chi connectivity index (χ1v) is 13.7. The quantitative estimate of drug-likeness (QED) is 0.149. The Hall–Kier alpha value is -4.60. The molecule has 4 aromatic carbocycles. The molecule has 0 radical (unpaired) electrons. The maximum atomic E-state index is 11.8. The third-order valence-corrected chi connectivity index (χ3v) is 5.92. The number of nitrogens with two attached hydrogens (primary N) is 1. The second-order valence-electron chi connectivity index (χ2n) is 9.98. The highest BCUT2D eigenvalue weighted by Gasteiger charge is 2.22. The van der Waals surface area contributed by atoms with Crippen molar-refractivity contribution in [2.75, 3.05) is 14.2 Å². The van der Waals surface area contributed by atoms with Crippen molar-refractivity contribution in [2.24, 2.45) is 11.1 Å². The zero-order chi connectivity index (χ0) is 31.8. The number of hydrogen-bond donors (Lipinski definition) is 1. The summed E-state index contributed by atoms with van der Waals surface area (Å²) in [6.45, 7) is 6.68. The first-order valence-electron chi connectivity index (χ1n) is 13.7. The summed E-state index contributed by atoms with van der Waals surface area (Å²) in [4.78, 5) is 42.5. The highest BCUT2D eigenvalue weighted by molar-refractivity contribution is 5.84. The lowest BCUT2D eigenvalue weighted by molar-refractivity contribution is -0.154. The van der Waals surface area contributed by atoms with Gasteiger partial charge < -0.3 is 19.1 Å². The van der Waals surface area contributed by atoms with E-state index in [2.05, 4.69) is 26.9 Å². The van der Waals surface area contributed by atoms with E-state index in [-0.39, 0.29) is 5.78 Å². The molecule has 9 heteroatoms. The van der Waals surface area contributed by atoms with Gasteiger partial charge in [0.25, 0.3) is 0 Å². The predicted octanol–water partition coefficient (Wildman–Crippen LogP) is 5.75. The maximum absolute atomic E-state index is 11.8. The Kier molecular flexibility index (Phi) is 14.5. The number of carbonyl (C=O) groups is 3. The van der Waals surface area contributed by atoms with Gasteiger partial charge in [-0.05, 0) is 60.4 Å². The summed E-state index contributed by atoms with van der Waals surface area (Å²) in [6.07, 6.45) is -0.676. The Bertz CT molecular complexity index is 1530. The van der Waals surface area contributed by atoms with Gasteiger partial charge in [-0.3, -0.25) is 4.84 Å². The normalized spacial score (nSPS) is 11.5. The van der Waals surface area contributed by atoms with E-state index in [1.54, 1.807) is 0 Å². The lowest BCUT2D eigenvalue weighted by Gasteiger charge is -2.13. The minimum Gasteiger partial charge on any atom is -0.467 e. The zero-order valence-electron chi connectivity index (χ0n) is 25.5. The molecule has 2 N–H and O–H groups in total. The average Bonchev–Trinajstić information content (AvgIpc) is 3.00. The van der Waals surface area contributed by atoms with Crippen molar-refractivity contribution in [1.82, 2.24) is 0 Å². The van der Waals surface area contributed by atoms with E-state index in [1.165, 1.54) is 33.5 Å². The van der Waals surface area contributed by atoms with Crippen LogP contribution in [-0.2, 0) is 46.4 Å². The third-order valence-electron chi connectivity index (χ3n) is 5.92. The lowest BCUT2D eigenvalue weighted by Crippen LogP contribution is -2.30. The van der Waals surface area contributed by atoms with Crippen molar-refractivity contribution in [3.05, 3.63) is 96.1 Å². The number of fused-ring (bicyclic) bond motifs is 2. The molecule has 0 heterocycles. The fraction of sp³-hybridized carbons (Fsp3) is 0.294. The molecule has 4 rings (SSSR count).